The van der Waals surface area contributed by atoms with Crippen LogP contribution in [-0.4, -0.2) is 23.8 Å². The first-order chi connectivity index (χ1) is 5.23. The third kappa shape index (κ3) is 1.74. The maximum absolute atomic E-state index is 8.83. The minimum Gasteiger partial charge on any atom is -0.396 e. The summed E-state index contributed by atoms with van der Waals surface area (Å²) in [7, 11) is 0. The monoisotopic (exact) mass is 157 g/mol. The number of nitrogens with one attached hydrogen (secondary N) is 1. The molecule has 1 aliphatic heterocycles. The zero-order chi connectivity index (χ0) is 8.32. The van der Waals surface area contributed by atoms with Gasteiger partial charge in [-0.3, -0.25) is 0 Å². The Morgan fingerprint density at radius 2 is 2.36 bits per heavy atom. The van der Waals surface area contributed by atoms with Crippen LogP contribution >= 0.6 is 0 Å². The highest BCUT2D eigenvalue weighted by Gasteiger charge is 2.35. The van der Waals surface area contributed by atoms with E-state index >= 15 is 0 Å². The van der Waals surface area contributed by atoms with Gasteiger partial charge in [0, 0.05) is 12.1 Å². The first-order valence-electron chi connectivity index (χ1n) is 4.59. The lowest BCUT2D eigenvalue weighted by molar-refractivity contribution is 0.209. The fraction of sp³-hybridized carbons (Fsp3) is 1.00. The first kappa shape index (κ1) is 9.01. The van der Waals surface area contributed by atoms with Gasteiger partial charge >= 0.3 is 0 Å². The van der Waals surface area contributed by atoms with Crippen LogP contribution in [0.1, 0.15) is 33.1 Å². The molecule has 0 aromatic carbocycles. The molecule has 1 heterocycles. The molecule has 2 nitrogen and oxygen atoms in total. The molecule has 0 aromatic rings. The molecular formula is C9H19NO. The smallest absolute Gasteiger partial charge is 0.0434 e. The lowest BCUT2D eigenvalue weighted by Crippen LogP contribution is -2.41. The van der Waals surface area contributed by atoms with Crippen LogP contribution in [0.4, 0.5) is 0 Å². The van der Waals surface area contributed by atoms with Crippen LogP contribution in [0, 0.1) is 5.92 Å². The van der Waals surface area contributed by atoms with Crippen LogP contribution in [0.25, 0.3) is 0 Å². The fourth-order valence-electron chi connectivity index (χ4n) is 2.03. The summed E-state index contributed by atoms with van der Waals surface area (Å²) in [5.74, 6) is 0.678. The van der Waals surface area contributed by atoms with Gasteiger partial charge in [-0.1, -0.05) is 6.92 Å². The highest BCUT2D eigenvalue weighted by Crippen LogP contribution is 2.31. The molecule has 0 aromatic heterocycles. The van der Waals surface area contributed by atoms with Crippen molar-refractivity contribution >= 4 is 0 Å². The Kier molecular flexibility index (Phi) is 2.90. The molecule has 0 radical (unpaired) electrons. The molecule has 1 rings (SSSR count). The van der Waals surface area contributed by atoms with Crippen molar-refractivity contribution in [2.45, 2.75) is 38.6 Å². The number of hydrogen-bond donors (Lipinski definition) is 2. The molecule has 2 heteroatoms. The van der Waals surface area contributed by atoms with E-state index in [-0.39, 0.29) is 0 Å². The SMILES string of the molecule is CCC1(C)NCCC1CCO. The Bertz CT molecular complexity index is 127. The van der Waals surface area contributed by atoms with E-state index in [4.69, 9.17) is 5.11 Å². The summed E-state index contributed by atoms with van der Waals surface area (Å²) < 4.78 is 0. The van der Waals surface area contributed by atoms with Gasteiger partial charge in [-0.2, -0.15) is 0 Å². The number of aliphatic hydroxyl groups excluding tert-OH is 1. The third-order valence-corrected chi connectivity index (χ3v) is 3.13. The van der Waals surface area contributed by atoms with Crippen LogP contribution in [0.5, 0.6) is 0 Å². The molecular weight excluding hydrogens is 138 g/mol. The number of rotatable bonds is 3. The van der Waals surface area contributed by atoms with Gasteiger partial charge in [0.15, 0.2) is 0 Å². The van der Waals surface area contributed by atoms with E-state index in [0.717, 1.165) is 19.4 Å². The van der Waals surface area contributed by atoms with E-state index in [1.165, 1.54) is 6.42 Å². The van der Waals surface area contributed by atoms with Crippen molar-refractivity contribution in [3.05, 3.63) is 0 Å². The Labute approximate surface area is 69.0 Å². The second-order valence-electron chi connectivity index (χ2n) is 3.70. The summed E-state index contributed by atoms with van der Waals surface area (Å²) in [4.78, 5) is 0. The van der Waals surface area contributed by atoms with Crippen molar-refractivity contribution in [1.82, 2.24) is 5.32 Å². The van der Waals surface area contributed by atoms with E-state index in [1.54, 1.807) is 0 Å². The summed E-state index contributed by atoms with van der Waals surface area (Å²) >= 11 is 0. The highest BCUT2D eigenvalue weighted by atomic mass is 16.3. The lowest BCUT2D eigenvalue weighted by atomic mass is 9.83. The molecule has 0 amide bonds. The summed E-state index contributed by atoms with van der Waals surface area (Å²) in [6, 6.07) is 0. The molecule has 2 atom stereocenters. The van der Waals surface area contributed by atoms with Crippen molar-refractivity contribution in [3.63, 3.8) is 0 Å². The zero-order valence-corrected chi connectivity index (χ0v) is 7.56. The Balaban J connectivity index is 2.49. The summed E-state index contributed by atoms with van der Waals surface area (Å²) in [5.41, 5.74) is 0.294. The zero-order valence-electron chi connectivity index (χ0n) is 7.56. The molecule has 0 spiro atoms. The van der Waals surface area contributed by atoms with Gasteiger partial charge < -0.3 is 10.4 Å². The lowest BCUT2D eigenvalue weighted by Gasteiger charge is -2.30. The van der Waals surface area contributed by atoms with Crippen molar-refractivity contribution in [2.24, 2.45) is 5.92 Å². The van der Waals surface area contributed by atoms with Crippen LogP contribution < -0.4 is 5.32 Å². The predicted octanol–water partition coefficient (Wildman–Crippen LogP) is 1.15. The van der Waals surface area contributed by atoms with Crippen molar-refractivity contribution in [2.75, 3.05) is 13.2 Å². The molecule has 1 fully saturated rings. The van der Waals surface area contributed by atoms with E-state index in [1.807, 2.05) is 0 Å². The molecule has 1 saturated heterocycles. The quantitative estimate of drug-likeness (QED) is 0.644. The largest absolute Gasteiger partial charge is 0.396 e. The predicted molar refractivity (Wildman–Crippen MR) is 46.5 cm³/mol. The summed E-state index contributed by atoms with van der Waals surface area (Å²) in [5, 5.41) is 12.3. The van der Waals surface area contributed by atoms with Crippen LogP contribution in [0.15, 0.2) is 0 Å². The van der Waals surface area contributed by atoms with Gasteiger partial charge in [-0.25, -0.2) is 0 Å². The van der Waals surface area contributed by atoms with Crippen LogP contribution in [-0.2, 0) is 0 Å². The highest BCUT2D eigenvalue weighted by molar-refractivity contribution is 4.94. The van der Waals surface area contributed by atoms with Crippen molar-refractivity contribution < 1.29 is 5.11 Å². The van der Waals surface area contributed by atoms with Crippen molar-refractivity contribution in [3.8, 4) is 0 Å². The van der Waals surface area contributed by atoms with Gasteiger partial charge in [-0.05, 0) is 38.6 Å². The van der Waals surface area contributed by atoms with Gasteiger partial charge in [0.05, 0.1) is 0 Å². The topological polar surface area (TPSA) is 32.3 Å². The molecule has 0 aliphatic carbocycles. The normalized spacial score (nSPS) is 37.9. The minimum atomic E-state index is 0.294. The van der Waals surface area contributed by atoms with E-state index in [2.05, 4.69) is 19.2 Å². The molecule has 0 bridgehead atoms. The summed E-state index contributed by atoms with van der Waals surface area (Å²) in [6.07, 6.45) is 3.35. The Morgan fingerprint density at radius 3 is 2.91 bits per heavy atom. The summed E-state index contributed by atoms with van der Waals surface area (Å²) in [6.45, 7) is 5.93. The molecule has 2 N–H and O–H groups in total. The molecule has 11 heavy (non-hydrogen) atoms. The third-order valence-electron chi connectivity index (χ3n) is 3.13. The van der Waals surface area contributed by atoms with Gasteiger partial charge in [-0.15, -0.1) is 0 Å². The molecule has 1 aliphatic rings. The van der Waals surface area contributed by atoms with Gasteiger partial charge in [0.1, 0.15) is 0 Å². The number of hydrogen-bond acceptors (Lipinski definition) is 2. The van der Waals surface area contributed by atoms with Gasteiger partial charge in [0.25, 0.3) is 0 Å². The van der Waals surface area contributed by atoms with E-state index in [0.29, 0.717) is 18.1 Å². The molecule has 0 saturated carbocycles. The van der Waals surface area contributed by atoms with Crippen LogP contribution in [0.2, 0.25) is 0 Å². The average Bonchev–Trinajstić information content (AvgIpc) is 2.35. The first-order valence-corrected chi connectivity index (χ1v) is 4.59. The second kappa shape index (κ2) is 3.55. The van der Waals surface area contributed by atoms with Gasteiger partial charge in [0.2, 0.25) is 0 Å². The minimum absolute atomic E-state index is 0.294. The maximum Gasteiger partial charge on any atom is 0.0434 e. The standard InChI is InChI=1S/C9H19NO/c1-3-9(2)8(5-7-11)4-6-10-9/h8,10-11H,3-7H2,1-2H3. The fourth-order valence-corrected chi connectivity index (χ4v) is 2.03. The Hall–Kier alpha value is -0.0800. The van der Waals surface area contributed by atoms with Crippen LogP contribution in [0.3, 0.4) is 0 Å². The Morgan fingerprint density at radius 1 is 1.64 bits per heavy atom. The maximum atomic E-state index is 8.83. The molecule has 66 valence electrons. The second-order valence-corrected chi connectivity index (χ2v) is 3.70. The average molecular weight is 157 g/mol. The van der Waals surface area contributed by atoms with E-state index in [9.17, 15) is 0 Å². The number of aliphatic hydroxyl groups is 1. The van der Waals surface area contributed by atoms with Crippen molar-refractivity contribution in [1.29, 1.82) is 0 Å². The molecule has 2 unspecified atom stereocenters. The van der Waals surface area contributed by atoms with E-state index < -0.39 is 0 Å².